The number of carboxylic acids is 8. The molecule has 0 saturated carbocycles. The third-order valence-electron chi connectivity index (χ3n) is 6.83. The van der Waals surface area contributed by atoms with Crippen molar-refractivity contribution < 1.29 is 272 Å². The number of carbonyl (C=O) groups excluding carboxylic acids is 1. The van der Waals surface area contributed by atoms with Crippen molar-refractivity contribution in [3.05, 3.63) is 221 Å². The van der Waals surface area contributed by atoms with Crippen LogP contribution in [0.4, 0.5) is 0 Å². The van der Waals surface area contributed by atoms with Gasteiger partial charge in [0.25, 0.3) is 11.9 Å². The fourth-order valence-corrected chi connectivity index (χ4v) is 3.73. The number of hydrogen-bond acceptors (Lipinski definition) is 11. The molecule has 1 aromatic heterocycles. The van der Waals surface area contributed by atoms with Gasteiger partial charge in [-0.05, 0) is 59.7 Å². The van der Waals surface area contributed by atoms with E-state index in [9.17, 15) is 38.7 Å². The molecule has 5 rings (SSSR count). The molecule has 0 atom stereocenters. The molecule has 0 unspecified atom stereocenters. The SMILES string of the molecule is CC(=O)O.CC(=O)O.CC(C)C(=O)C(=O)O.CC(C)C(=O)O.COc1ccc(C(=O)O)cc1.O=C(O)C(c1ccccc1)c1ccccc1.O=C(O)c1ccccc1.O=C(O)c1ccco1.[Ag].[Ag].[Ag].[Ag].[Ag].[Ag].[Ag].[Ag].[CH3+].[CH3+].[CH3+].[CH3+].[CH3+].[CH3+].[CH3+].[CH3+]. The van der Waals surface area contributed by atoms with Gasteiger partial charge in [-0.1, -0.05) is 107 Å². The van der Waals surface area contributed by atoms with Crippen molar-refractivity contribution in [1.29, 1.82) is 0 Å². The zero-order valence-corrected chi connectivity index (χ0v) is 59.3. The van der Waals surface area contributed by atoms with Gasteiger partial charge in [0.15, 0.2) is 0 Å². The van der Waals surface area contributed by atoms with Gasteiger partial charge >= 0.3 is 35.8 Å². The summed E-state index contributed by atoms with van der Waals surface area (Å²) in [6, 6.07) is 36.0. The van der Waals surface area contributed by atoms with Gasteiger partial charge in [0, 0.05) is 258 Å². The van der Waals surface area contributed by atoms with Crippen molar-refractivity contribution >= 4 is 53.5 Å². The summed E-state index contributed by atoms with van der Waals surface area (Å²) < 4.78 is 9.35. The van der Waals surface area contributed by atoms with E-state index in [1.807, 2.05) is 60.7 Å². The summed E-state index contributed by atoms with van der Waals surface area (Å²) in [5.74, 6) is -8.71. The molecule has 8 N–H and O–H groups in total. The van der Waals surface area contributed by atoms with Crippen LogP contribution in [-0.2, 0) is 208 Å². The van der Waals surface area contributed by atoms with E-state index in [1.165, 1.54) is 37.6 Å². The maximum Gasteiger partial charge on any atom is 0.372 e. The van der Waals surface area contributed by atoms with Crippen molar-refractivity contribution in [2.45, 2.75) is 47.5 Å². The fourth-order valence-electron chi connectivity index (χ4n) is 3.73. The van der Waals surface area contributed by atoms with Crippen LogP contribution in [0.5, 0.6) is 5.75 Å². The molecule has 0 amide bonds. The largest absolute Gasteiger partial charge is 0.497 e. The number of furan rings is 1. The Bertz CT molecular complexity index is 2160. The zero-order valence-electron chi connectivity index (χ0n) is 47.4. The van der Waals surface area contributed by atoms with Gasteiger partial charge in [-0.3, -0.25) is 24.0 Å². The maximum atomic E-state index is 11.3. The van der Waals surface area contributed by atoms with Gasteiger partial charge in [0.1, 0.15) is 11.7 Å². The number of ketones is 1. The average Bonchev–Trinajstić information content (AvgIpc) is 3.81. The smallest absolute Gasteiger partial charge is 0.372 e. The van der Waals surface area contributed by atoms with Crippen LogP contribution in [0.1, 0.15) is 89.9 Å². The quantitative estimate of drug-likeness (QED) is 0.0366. The van der Waals surface area contributed by atoms with Crippen LogP contribution >= 0.6 is 0 Å². The van der Waals surface area contributed by atoms with Crippen LogP contribution in [-0.4, -0.2) is 101 Å². The average molecular weight is 1910 g/mol. The molecule has 0 fully saturated rings. The first-order chi connectivity index (χ1) is 30.8. The first-order valence-electron chi connectivity index (χ1n) is 18.9. The topological polar surface area (TPSA) is 338 Å². The molecule has 0 aliphatic carbocycles. The molecule has 19 nitrogen and oxygen atoms in total. The maximum absolute atomic E-state index is 11.3. The number of carbonyl (C=O) groups is 9. The molecule has 82 heavy (non-hydrogen) atoms. The van der Waals surface area contributed by atoms with E-state index in [-0.39, 0.29) is 256 Å². The summed E-state index contributed by atoms with van der Waals surface area (Å²) in [5, 5.41) is 65.2. The number of aliphatic carboxylic acids is 5. The first kappa shape index (κ1) is 133. The number of Topliss-reactive ketones (excluding diaryl/α,β-unsaturated/α-hetero) is 1. The minimum absolute atomic E-state index is 0. The molecule has 27 heteroatoms. The van der Waals surface area contributed by atoms with E-state index >= 15 is 0 Å². The Hall–Kier alpha value is -3.73. The molecule has 5 aromatic rings. The minimum atomic E-state index is -1.35. The van der Waals surface area contributed by atoms with Crippen LogP contribution in [0.25, 0.3) is 0 Å². The van der Waals surface area contributed by atoms with Crippen LogP contribution in [0.15, 0.2) is 138 Å². The second-order valence-electron chi connectivity index (χ2n) is 12.9. The molecule has 4 aromatic carbocycles. The number of carboxylic acid groups (broad SMARTS) is 8. The summed E-state index contributed by atoms with van der Waals surface area (Å²) in [7, 11) is 1.54. The monoisotopic (exact) mass is 1900 g/mol. The van der Waals surface area contributed by atoms with E-state index in [4.69, 9.17) is 50.1 Å². The minimum Gasteiger partial charge on any atom is -0.497 e. The van der Waals surface area contributed by atoms with Crippen LogP contribution < -0.4 is 4.74 Å². The van der Waals surface area contributed by atoms with Gasteiger partial charge in [-0.15, -0.1) is 0 Å². The summed E-state index contributed by atoms with van der Waals surface area (Å²) in [5.41, 5.74) is 2.21. The van der Waals surface area contributed by atoms with Gasteiger partial charge < -0.3 is 50.0 Å². The summed E-state index contributed by atoms with van der Waals surface area (Å²) in [4.78, 5) is 89.6. The predicted octanol–water partition coefficient (Wildman–Crippen LogP) is 11.4. The molecule has 0 spiro atoms. The van der Waals surface area contributed by atoms with Crippen LogP contribution in [0.3, 0.4) is 0 Å². The third kappa shape index (κ3) is 76.3. The predicted molar refractivity (Wildman–Crippen MR) is 289 cm³/mol. The molecule has 0 saturated heterocycles. The Kier molecular flexibility index (Phi) is 132. The Balaban J connectivity index is -0.0000000327. The number of rotatable bonds is 10. The van der Waals surface area contributed by atoms with Gasteiger partial charge in [0.05, 0.1) is 30.4 Å². The number of ether oxygens (including phenoxy) is 1. The second-order valence-corrected chi connectivity index (χ2v) is 12.9. The van der Waals surface area contributed by atoms with Crippen molar-refractivity contribution in [1.82, 2.24) is 0 Å². The Labute approximate surface area is 611 Å². The number of aromatic carboxylic acids is 3. The third-order valence-corrected chi connectivity index (χ3v) is 6.83. The number of benzene rings is 4. The van der Waals surface area contributed by atoms with E-state index < -0.39 is 65.4 Å². The number of methoxy groups -OCH3 is 1. The van der Waals surface area contributed by atoms with Crippen LogP contribution in [0.2, 0.25) is 0 Å². The van der Waals surface area contributed by atoms with Crippen molar-refractivity contribution in [3.8, 4) is 5.75 Å². The molecular formula is C55H78Ag8O19+8. The van der Waals surface area contributed by atoms with Gasteiger partial charge in [-0.2, -0.15) is 0 Å². The Morgan fingerprint density at radius 2 is 0.671 bits per heavy atom. The summed E-state index contributed by atoms with van der Waals surface area (Å²) in [6.07, 6.45) is 1.32. The van der Waals surface area contributed by atoms with Crippen molar-refractivity contribution in [2.75, 3.05) is 7.11 Å². The number of hydrogen-bond donors (Lipinski definition) is 8. The molecule has 1 heterocycles. The standard InChI is InChI=1S/C14H12O2.C8H8O3.C7H6O2.C5H4O3.C5H8O3.C4H8O2.2C2H4O2.8CH3.8Ag/c15-14(16)13(11-7-3-1-4-8-11)12-9-5-2-6-10-12;1-11-7-4-2-6(3-5-7)8(9)10;8-7(9)6-4-2-1-3-5-6;6-5(7)4-2-1-3-8-4;1-3(2)4(6)5(7)8;1-3(2)4(5)6;2*1-2(3)4;;;;;;;;;;;;;;;;/h1-10,13H,(H,15,16);2-5H,1H3,(H,9,10);1-5H,(H,8,9);1-3H,(H,6,7);3H,1-2H3,(H,7,8);3H,1-2H3,(H,5,6);2*1H3,(H,3,4);8*1H3;;;;;;;;/q;;;;;;;;8*+1;;;;;;;;. The molecular weight excluding hydrogens is 1830 g/mol. The van der Waals surface area contributed by atoms with E-state index in [1.54, 1.807) is 70.2 Å². The van der Waals surface area contributed by atoms with E-state index in [2.05, 4.69) is 4.42 Å². The van der Waals surface area contributed by atoms with Crippen LogP contribution in [0, 0.1) is 71.2 Å². The Morgan fingerprint density at radius 1 is 0.390 bits per heavy atom. The van der Waals surface area contributed by atoms with Crippen molar-refractivity contribution in [3.63, 3.8) is 0 Å². The van der Waals surface area contributed by atoms with Crippen molar-refractivity contribution in [2.24, 2.45) is 11.8 Å². The zero-order chi connectivity index (χ0) is 51.4. The van der Waals surface area contributed by atoms with E-state index in [0.29, 0.717) is 11.3 Å². The fraction of sp³-hybridized carbons (Fsp3) is 0.182. The molecule has 0 aliphatic rings. The summed E-state index contributed by atoms with van der Waals surface area (Å²) >= 11 is 0. The Morgan fingerprint density at radius 3 is 0.829 bits per heavy atom. The molecule has 8 radical (unpaired) electrons. The molecule has 0 bridgehead atoms. The molecule has 492 valence electrons. The normalized spacial score (nSPS) is 7.29. The first-order valence-corrected chi connectivity index (χ1v) is 18.9. The van der Waals surface area contributed by atoms with E-state index in [0.717, 1.165) is 25.0 Å². The molecule has 0 aliphatic heterocycles. The van der Waals surface area contributed by atoms with Gasteiger partial charge in [0.2, 0.25) is 11.5 Å². The second kappa shape index (κ2) is 81.5. The summed E-state index contributed by atoms with van der Waals surface area (Å²) in [6.45, 7) is 8.55. The van der Waals surface area contributed by atoms with Gasteiger partial charge in [-0.25, -0.2) is 19.2 Å².